The SMILES string of the molecule is CC(C)Oc1cc(Oc2cccc(C#N)c2)c(N)cc1F. The summed E-state index contributed by atoms with van der Waals surface area (Å²) < 4.78 is 24.7. The van der Waals surface area contributed by atoms with Crippen LogP contribution in [0.4, 0.5) is 10.1 Å². The van der Waals surface area contributed by atoms with E-state index in [0.717, 1.165) is 6.07 Å². The number of nitrogens with zero attached hydrogens (tertiary/aromatic N) is 1. The Bertz CT molecular complexity index is 693. The summed E-state index contributed by atoms with van der Waals surface area (Å²) in [6.45, 7) is 3.60. The van der Waals surface area contributed by atoms with Crippen molar-refractivity contribution in [2.45, 2.75) is 20.0 Å². The maximum absolute atomic E-state index is 13.7. The molecule has 0 aliphatic rings. The summed E-state index contributed by atoms with van der Waals surface area (Å²) in [5.74, 6) is 0.259. The fourth-order valence-electron chi connectivity index (χ4n) is 1.74. The maximum Gasteiger partial charge on any atom is 0.167 e. The van der Waals surface area contributed by atoms with E-state index in [0.29, 0.717) is 11.3 Å². The van der Waals surface area contributed by atoms with Gasteiger partial charge in [-0.3, -0.25) is 0 Å². The van der Waals surface area contributed by atoms with Crippen molar-refractivity contribution in [2.75, 3.05) is 5.73 Å². The molecule has 0 heterocycles. The summed E-state index contributed by atoms with van der Waals surface area (Å²) >= 11 is 0. The molecule has 5 heteroatoms. The van der Waals surface area contributed by atoms with Gasteiger partial charge in [0, 0.05) is 12.1 Å². The molecule has 0 saturated heterocycles. The Labute approximate surface area is 122 Å². The molecule has 0 amide bonds. The Morgan fingerprint density at radius 2 is 1.95 bits per heavy atom. The normalized spacial score (nSPS) is 10.2. The van der Waals surface area contributed by atoms with Crippen molar-refractivity contribution in [3.63, 3.8) is 0 Å². The Morgan fingerprint density at radius 3 is 2.62 bits per heavy atom. The van der Waals surface area contributed by atoms with Crippen LogP contribution in [-0.4, -0.2) is 6.10 Å². The van der Waals surface area contributed by atoms with Crippen LogP contribution in [0.1, 0.15) is 19.4 Å². The lowest BCUT2D eigenvalue weighted by atomic mass is 10.2. The van der Waals surface area contributed by atoms with Gasteiger partial charge in [0.25, 0.3) is 0 Å². The van der Waals surface area contributed by atoms with Gasteiger partial charge in [0.1, 0.15) is 5.75 Å². The van der Waals surface area contributed by atoms with Gasteiger partial charge in [-0.05, 0) is 32.0 Å². The highest BCUT2D eigenvalue weighted by Crippen LogP contribution is 2.34. The van der Waals surface area contributed by atoms with Crippen molar-refractivity contribution in [1.29, 1.82) is 5.26 Å². The van der Waals surface area contributed by atoms with Crippen LogP contribution in [0.2, 0.25) is 0 Å². The van der Waals surface area contributed by atoms with Crippen LogP contribution in [0.5, 0.6) is 17.2 Å². The first-order valence-corrected chi connectivity index (χ1v) is 6.43. The number of hydrogen-bond acceptors (Lipinski definition) is 4. The molecule has 0 aromatic heterocycles. The van der Waals surface area contributed by atoms with E-state index in [-0.39, 0.29) is 23.3 Å². The van der Waals surface area contributed by atoms with Gasteiger partial charge in [-0.15, -0.1) is 0 Å². The molecule has 0 fully saturated rings. The largest absolute Gasteiger partial charge is 0.488 e. The topological polar surface area (TPSA) is 68.3 Å². The van der Waals surface area contributed by atoms with E-state index in [1.807, 2.05) is 6.07 Å². The van der Waals surface area contributed by atoms with Crippen molar-refractivity contribution in [3.05, 3.63) is 47.8 Å². The van der Waals surface area contributed by atoms with E-state index >= 15 is 0 Å². The maximum atomic E-state index is 13.7. The zero-order valence-corrected chi connectivity index (χ0v) is 11.8. The molecular formula is C16H15FN2O2. The molecular weight excluding hydrogens is 271 g/mol. The van der Waals surface area contributed by atoms with Gasteiger partial charge in [0.05, 0.1) is 23.4 Å². The molecule has 0 saturated carbocycles. The van der Waals surface area contributed by atoms with Crippen LogP contribution in [0.15, 0.2) is 36.4 Å². The molecule has 0 radical (unpaired) electrons. The second kappa shape index (κ2) is 6.14. The molecule has 2 N–H and O–H groups in total. The van der Waals surface area contributed by atoms with Gasteiger partial charge in [-0.2, -0.15) is 5.26 Å². The minimum absolute atomic E-state index is 0.0747. The summed E-state index contributed by atoms with van der Waals surface area (Å²) in [4.78, 5) is 0. The molecule has 2 rings (SSSR count). The second-order valence-electron chi connectivity index (χ2n) is 4.73. The lowest BCUT2D eigenvalue weighted by Crippen LogP contribution is -2.07. The van der Waals surface area contributed by atoms with E-state index in [9.17, 15) is 4.39 Å². The number of ether oxygens (including phenoxy) is 2. The minimum atomic E-state index is -0.542. The third-order valence-corrected chi connectivity index (χ3v) is 2.62. The molecule has 4 nitrogen and oxygen atoms in total. The number of nitriles is 1. The van der Waals surface area contributed by atoms with Crippen LogP contribution in [-0.2, 0) is 0 Å². The lowest BCUT2D eigenvalue weighted by molar-refractivity contribution is 0.230. The molecule has 2 aromatic rings. The second-order valence-corrected chi connectivity index (χ2v) is 4.73. The Kier molecular flexibility index (Phi) is 4.29. The van der Waals surface area contributed by atoms with E-state index in [1.165, 1.54) is 6.07 Å². The van der Waals surface area contributed by atoms with Crippen molar-refractivity contribution < 1.29 is 13.9 Å². The Balaban J connectivity index is 2.32. The first-order chi connectivity index (χ1) is 9.99. The fraction of sp³-hybridized carbons (Fsp3) is 0.188. The third-order valence-electron chi connectivity index (χ3n) is 2.62. The van der Waals surface area contributed by atoms with Gasteiger partial charge < -0.3 is 15.2 Å². The van der Waals surface area contributed by atoms with Crippen molar-refractivity contribution >= 4 is 5.69 Å². The number of anilines is 1. The summed E-state index contributed by atoms with van der Waals surface area (Å²) in [7, 11) is 0. The van der Waals surface area contributed by atoms with E-state index in [4.69, 9.17) is 20.5 Å². The van der Waals surface area contributed by atoms with Gasteiger partial charge in [0.2, 0.25) is 0 Å². The zero-order valence-electron chi connectivity index (χ0n) is 11.8. The summed E-state index contributed by atoms with van der Waals surface area (Å²) in [5, 5.41) is 8.86. The van der Waals surface area contributed by atoms with Crippen LogP contribution in [0.3, 0.4) is 0 Å². The fourth-order valence-corrected chi connectivity index (χ4v) is 1.74. The smallest absolute Gasteiger partial charge is 0.167 e. The summed E-state index contributed by atoms with van der Waals surface area (Å²) in [6, 6.07) is 11.2. The Morgan fingerprint density at radius 1 is 1.19 bits per heavy atom. The number of benzene rings is 2. The molecule has 0 unspecified atom stereocenters. The van der Waals surface area contributed by atoms with Crippen LogP contribution in [0, 0.1) is 17.1 Å². The first kappa shape index (κ1) is 14.7. The quantitative estimate of drug-likeness (QED) is 0.866. The number of hydrogen-bond donors (Lipinski definition) is 1. The van der Waals surface area contributed by atoms with E-state index < -0.39 is 5.82 Å². The molecule has 2 aromatic carbocycles. The zero-order chi connectivity index (χ0) is 15.4. The highest BCUT2D eigenvalue weighted by atomic mass is 19.1. The molecule has 21 heavy (non-hydrogen) atoms. The predicted octanol–water partition coefficient (Wildman–Crippen LogP) is 3.86. The summed E-state index contributed by atoms with van der Waals surface area (Å²) in [6.07, 6.45) is -0.169. The highest BCUT2D eigenvalue weighted by Gasteiger charge is 2.12. The highest BCUT2D eigenvalue weighted by molar-refractivity contribution is 5.58. The number of nitrogens with two attached hydrogens (primary N) is 1. The minimum Gasteiger partial charge on any atom is -0.488 e. The lowest BCUT2D eigenvalue weighted by Gasteiger charge is -2.14. The van der Waals surface area contributed by atoms with E-state index in [2.05, 4.69) is 0 Å². The van der Waals surface area contributed by atoms with Crippen molar-refractivity contribution in [1.82, 2.24) is 0 Å². The van der Waals surface area contributed by atoms with Gasteiger partial charge in [0.15, 0.2) is 17.3 Å². The third kappa shape index (κ3) is 3.63. The Hall–Kier alpha value is -2.74. The predicted molar refractivity (Wildman–Crippen MR) is 77.8 cm³/mol. The van der Waals surface area contributed by atoms with Crippen molar-refractivity contribution in [3.8, 4) is 23.3 Å². The van der Waals surface area contributed by atoms with Crippen LogP contribution in [0.25, 0.3) is 0 Å². The first-order valence-electron chi connectivity index (χ1n) is 6.43. The number of halogens is 1. The molecule has 0 aliphatic heterocycles. The standard InChI is InChI=1S/C16H15FN2O2/c1-10(2)20-15-8-16(14(19)7-13(15)17)21-12-5-3-4-11(6-12)9-18/h3-8,10H,19H2,1-2H3. The van der Waals surface area contributed by atoms with Gasteiger partial charge in [-0.25, -0.2) is 4.39 Å². The van der Waals surface area contributed by atoms with Gasteiger partial charge in [-0.1, -0.05) is 6.07 Å². The van der Waals surface area contributed by atoms with Crippen LogP contribution < -0.4 is 15.2 Å². The van der Waals surface area contributed by atoms with Crippen molar-refractivity contribution in [2.24, 2.45) is 0 Å². The average Bonchev–Trinajstić information content (AvgIpc) is 2.44. The van der Waals surface area contributed by atoms with Gasteiger partial charge >= 0.3 is 0 Å². The number of nitrogen functional groups attached to an aromatic ring is 1. The molecule has 0 bridgehead atoms. The molecule has 0 atom stereocenters. The average molecular weight is 286 g/mol. The number of rotatable bonds is 4. The van der Waals surface area contributed by atoms with Crippen LogP contribution >= 0.6 is 0 Å². The summed E-state index contributed by atoms with van der Waals surface area (Å²) in [5.41, 5.74) is 6.38. The monoisotopic (exact) mass is 286 g/mol. The molecule has 0 spiro atoms. The molecule has 108 valence electrons. The van der Waals surface area contributed by atoms with E-state index in [1.54, 1.807) is 38.1 Å². The molecule has 0 aliphatic carbocycles.